The Balaban J connectivity index is 6.82. The lowest BCUT2D eigenvalue weighted by Gasteiger charge is -2.38. The van der Waals surface area contributed by atoms with E-state index in [4.69, 9.17) is 9.03 Å². The highest BCUT2D eigenvalue weighted by molar-refractivity contribution is 7.85. The molecule has 0 aromatic carbocycles. The van der Waals surface area contributed by atoms with Crippen LogP contribution in [-0.2, 0) is 0 Å². The topological polar surface area (TPSA) is 24.7 Å². The second-order valence-electron chi connectivity index (χ2n) is 9.67. The van der Waals surface area contributed by atoms with Gasteiger partial charge in [0, 0.05) is 14.1 Å². The average molecular weight is 410 g/mol. The highest BCUT2D eigenvalue weighted by atomic mass is 31.2. The first kappa shape index (κ1) is 25.9. The van der Waals surface area contributed by atoms with E-state index in [9.17, 15) is 0 Å². The summed E-state index contributed by atoms with van der Waals surface area (Å²) >= 11 is 0. The van der Waals surface area contributed by atoms with Crippen molar-refractivity contribution in [3.05, 3.63) is 0 Å². The molecule has 25 heavy (non-hydrogen) atoms. The quantitative estimate of drug-likeness (QED) is 0.357. The summed E-state index contributed by atoms with van der Waals surface area (Å²) in [6, 6.07) is 0. The lowest BCUT2D eigenvalue weighted by molar-refractivity contribution is 0.925. The number of hydrogen-bond acceptors (Lipinski definition) is 2. The van der Waals surface area contributed by atoms with Crippen LogP contribution in [0.1, 0.15) is 83.1 Å². The highest BCUT2D eigenvalue weighted by Crippen LogP contribution is 2.77. The Morgan fingerprint density at radius 2 is 0.600 bits per heavy atom. The SMILES string of the molecule is CC(C)P(=N[P+](C)(C)N=P(C(C)C)(C(C)C)C(C)C)(C(C)C)C(C)C. The maximum absolute atomic E-state index is 5.75. The van der Waals surface area contributed by atoms with Crippen LogP contribution in [0, 0.1) is 0 Å². The van der Waals surface area contributed by atoms with Crippen LogP contribution in [0.4, 0.5) is 0 Å². The molecule has 0 aliphatic rings. The molecule has 0 atom stereocenters. The van der Waals surface area contributed by atoms with E-state index in [1.807, 2.05) is 0 Å². The van der Waals surface area contributed by atoms with Crippen molar-refractivity contribution in [3.8, 4) is 0 Å². The minimum Gasteiger partial charge on any atom is -0.124 e. The van der Waals surface area contributed by atoms with Crippen molar-refractivity contribution in [3.63, 3.8) is 0 Å². The lowest BCUT2D eigenvalue weighted by Crippen LogP contribution is -2.18. The van der Waals surface area contributed by atoms with Crippen molar-refractivity contribution in [2.24, 2.45) is 9.03 Å². The first-order chi connectivity index (χ1) is 11.1. The molecule has 0 heterocycles. The first-order valence-electron chi connectivity index (χ1n) is 10.2. The summed E-state index contributed by atoms with van der Waals surface area (Å²) < 4.78 is 11.5. The molecule has 152 valence electrons. The molecule has 0 aliphatic carbocycles. The van der Waals surface area contributed by atoms with E-state index in [0.717, 1.165) is 0 Å². The molecule has 0 N–H and O–H groups in total. The van der Waals surface area contributed by atoms with Gasteiger partial charge in [-0.2, -0.15) is 0 Å². The molecule has 0 amide bonds. The number of hydrogen-bond donors (Lipinski definition) is 0. The Morgan fingerprint density at radius 1 is 0.440 bits per heavy atom. The van der Waals surface area contributed by atoms with Crippen molar-refractivity contribution >= 4 is 21.7 Å². The van der Waals surface area contributed by atoms with Gasteiger partial charge in [-0.1, -0.05) is 83.1 Å². The molecule has 0 unspecified atom stereocenters. The normalized spacial score (nSPS) is 14.6. The molecule has 0 saturated carbocycles. The summed E-state index contributed by atoms with van der Waals surface area (Å²) in [6.07, 6.45) is 0. The van der Waals surface area contributed by atoms with Crippen LogP contribution in [0.2, 0.25) is 0 Å². The molecule has 5 heteroatoms. The zero-order chi connectivity index (χ0) is 20.4. The second kappa shape index (κ2) is 9.39. The van der Waals surface area contributed by atoms with Gasteiger partial charge in [0.25, 0.3) is 0 Å². The van der Waals surface area contributed by atoms with Crippen LogP contribution in [0.5, 0.6) is 0 Å². The molecular weight excluding hydrogens is 361 g/mol. The maximum atomic E-state index is 5.75. The van der Waals surface area contributed by atoms with Crippen LogP contribution in [-0.4, -0.2) is 47.3 Å². The van der Waals surface area contributed by atoms with E-state index < -0.39 is 21.7 Å². The molecule has 0 spiro atoms. The predicted molar refractivity (Wildman–Crippen MR) is 128 cm³/mol. The molecule has 0 aromatic heterocycles. The van der Waals surface area contributed by atoms with Gasteiger partial charge in [0.05, 0.1) is 13.3 Å². The van der Waals surface area contributed by atoms with Crippen LogP contribution in [0.15, 0.2) is 9.03 Å². The van der Waals surface area contributed by atoms with Crippen LogP contribution < -0.4 is 0 Å². The van der Waals surface area contributed by atoms with Gasteiger partial charge in [0.2, 0.25) is 7.56 Å². The van der Waals surface area contributed by atoms with Crippen molar-refractivity contribution in [1.29, 1.82) is 0 Å². The minimum absolute atomic E-state index is 0.645. The summed E-state index contributed by atoms with van der Waals surface area (Å²) in [5.41, 5.74) is 3.87. The van der Waals surface area contributed by atoms with E-state index in [-0.39, 0.29) is 0 Å². The molecule has 0 fully saturated rings. The maximum Gasteiger partial charge on any atom is 0.239 e. The predicted octanol–water partition coefficient (Wildman–Crippen LogP) is 8.95. The van der Waals surface area contributed by atoms with E-state index in [2.05, 4.69) is 96.4 Å². The Hall–Kier alpha value is 0.890. The third kappa shape index (κ3) is 5.46. The minimum atomic E-state index is -1.66. The van der Waals surface area contributed by atoms with Crippen molar-refractivity contribution in [1.82, 2.24) is 0 Å². The van der Waals surface area contributed by atoms with Gasteiger partial charge in [0.15, 0.2) is 0 Å². The Bertz CT molecular complexity index is 424. The highest BCUT2D eigenvalue weighted by Gasteiger charge is 2.42. The van der Waals surface area contributed by atoms with Gasteiger partial charge >= 0.3 is 0 Å². The van der Waals surface area contributed by atoms with Gasteiger partial charge in [-0.15, -0.1) is 9.03 Å². The Morgan fingerprint density at radius 3 is 0.720 bits per heavy atom. The molecule has 0 radical (unpaired) electrons. The summed E-state index contributed by atoms with van der Waals surface area (Å²) in [4.78, 5) is 0. The van der Waals surface area contributed by atoms with Crippen molar-refractivity contribution in [2.75, 3.05) is 13.3 Å². The fourth-order valence-corrected chi connectivity index (χ4v) is 23.6. The summed E-state index contributed by atoms with van der Waals surface area (Å²) in [7, 11) is -4.48. The van der Waals surface area contributed by atoms with Gasteiger partial charge in [0.1, 0.15) is 0 Å². The monoisotopic (exact) mass is 409 g/mol. The molecule has 0 aromatic rings. The van der Waals surface area contributed by atoms with Gasteiger partial charge in [-0.05, 0) is 34.0 Å². The molecule has 0 saturated heterocycles. The molecule has 0 bridgehead atoms. The average Bonchev–Trinajstić information content (AvgIpc) is 2.39. The molecular formula is C20H48N2P3+. The van der Waals surface area contributed by atoms with E-state index in [1.165, 1.54) is 0 Å². The Labute approximate surface area is 161 Å². The molecule has 0 rings (SSSR count). The smallest absolute Gasteiger partial charge is 0.124 e. The Kier molecular flexibility index (Phi) is 9.73. The van der Waals surface area contributed by atoms with Gasteiger partial charge in [-0.3, -0.25) is 0 Å². The largest absolute Gasteiger partial charge is 0.239 e. The zero-order valence-corrected chi connectivity index (χ0v) is 22.4. The fourth-order valence-electron chi connectivity index (χ4n) is 4.97. The first-order valence-corrected chi connectivity index (χ1v) is 16.7. The van der Waals surface area contributed by atoms with Gasteiger partial charge in [-0.25, -0.2) is 0 Å². The summed E-state index contributed by atoms with van der Waals surface area (Å²) in [5, 5.41) is 0. The third-order valence-electron chi connectivity index (χ3n) is 5.71. The molecule has 0 aliphatic heterocycles. The number of nitrogens with zero attached hydrogens (tertiary/aromatic N) is 2. The van der Waals surface area contributed by atoms with Crippen molar-refractivity contribution < 1.29 is 0 Å². The van der Waals surface area contributed by atoms with Crippen LogP contribution in [0.3, 0.4) is 0 Å². The third-order valence-corrected chi connectivity index (χ3v) is 21.6. The number of rotatable bonds is 8. The summed E-state index contributed by atoms with van der Waals surface area (Å²) in [6.45, 7) is 33.5. The van der Waals surface area contributed by atoms with Gasteiger partial charge < -0.3 is 0 Å². The van der Waals surface area contributed by atoms with Crippen LogP contribution in [0.25, 0.3) is 0 Å². The lowest BCUT2D eigenvalue weighted by atomic mass is 10.5. The second-order valence-corrected chi connectivity index (χ2v) is 23.1. The van der Waals surface area contributed by atoms with E-state index >= 15 is 0 Å². The fraction of sp³-hybridized carbons (Fsp3) is 1.00. The molecule has 2 nitrogen and oxygen atoms in total. The van der Waals surface area contributed by atoms with Crippen molar-refractivity contribution in [2.45, 2.75) is 117 Å². The standard InChI is InChI=1S/C20H48N2P3/c1-15(2)24(16(3)4,17(5)6)21-23(13,14)22-25(18(7)8,19(9)10)20(11)12/h15-20H,1-14H3/q+1. The summed E-state index contributed by atoms with van der Waals surface area (Å²) in [5.74, 6) is 0. The van der Waals surface area contributed by atoms with E-state index in [0.29, 0.717) is 34.0 Å². The van der Waals surface area contributed by atoms with E-state index in [1.54, 1.807) is 0 Å². The zero-order valence-electron chi connectivity index (χ0n) is 19.7. The van der Waals surface area contributed by atoms with Crippen LogP contribution >= 0.6 is 21.7 Å².